The van der Waals surface area contributed by atoms with Crippen LogP contribution in [0.15, 0.2) is 34.7 Å². The number of carboxylic acids is 1. The number of rotatable bonds is 3. The fraction of sp³-hybridized carbons (Fsp3) is 0.654. The van der Waals surface area contributed by atoms with E-state index < -0.39 is 75.6 Å². The third-order valence-corrected chi connectivity index (χ3v) is 9.74. The summed E-state index contributed by atoms with van der Waals surface area (Å²) in [4.78, 5) is 38.5. The summed E-state index contributed by atoms with van der Waals surface area (Å²) in [5.74, 6) is -4.72. The van der Waals surface area contributed by atoms with Gasteiger partial charge in [0.25, 0.3) is 0 Å². The summed E-state index contributed by atoms with van der Waals surface area (Å²) in [7, 11) is 0. The van der Waals surface area contributed by atoms with Gasteiger partial charge in [-0.05, 0) is 36.8 Å². The van der Waals surface area contributed by atoms with E-state index in [9.17, 15) is 34.8 Å². The summed E-state index contributed by atoms with van der Waals surface area (Å²) in [6.45, 7) is 6.74. The number of aliphatic hydroxyl groups excluding tert-OH is 2. The number of cyclic esters (lactones) is 1. The third-order valence-electron chi connectivity index (χ3n) is 9.74. The van der Waals surface area contributed by atoms with Crippen LogP contribution in [-0.4, -0.2) is 56.0 Å². The molecule has 1 saturated heterocycles. The molecule has 9 heteroatoms. The minimum Gasteiger partial charge on any atom is -0.479 e. The summed E-state index contributed by atoms with van der Waals surface area (Å²) >= 11 is 0. The van der Waals surface area contributed by atoms with E-state index in [4.69, 9.17) is 9.15 Å². The number of carbonyl (C=O) groups is 3. The number of furan rings is 1. The predicted molar refractivity (Wildman–Crippen MR) is 120 cm³/mol. The fourth-order valence-corrected chi connectivity index (χ4v) is 8.14. The topological polar surface area (TPSA) is 154 Å². The van der Waals surface area contributed by atoms with Crippen LogP contribution in [0.1, 0.15) is 58.6 Å². The summed E-state index contributed by atoms with van der Waals surface area (Å²) in [6, 6.07) is 1.74. The van der Waals surface area contributed by atoms with Crippen molar-refractivity contribution in [2.75, 3.05) is 0 Å². The van der Waals surface area contributed by atoms with Crippen molar-refractivity contribution < 1.29 is 44.0 Å². The average Bonchev–Trinajstić information content (AvgIpc) is 3.31. The van der Waals surface area contributed by atoms with Crippen molar-refractivity contribution in [3.63, 3.8) is 0 Å². The number of carboxylic acid groups (broad SMARTS) is 1. The van der Waals surface area contributed by atoms with Crippen LogP contribution in [-0.2, 0) is 19.1 Å². The standard InChI is InChI=1S/C26H32O9/c1-23(2)18(17(28)20(29)30)25(4)14-5-7-24(3)15(13(14)10-26(33,21(23)31)22(25)32)9-16(27)35-19(24)12-6-8-34-11-12/h6,8,10-11,14-15,17-19,21,28,31,33H,5,7,9H2,1-4H3,(H,29,30)/t14-,15-,17+,18-,19-,21-,24+,25+,26+/m0/s1. The first-order valence-corrected chi connectivity index (χ1v) is 12.0. The molecule has 5 rings (SSSR count). The van der Waals surface area contributed by atoms with Crippen LogP contribution in [0.25, 0.3) is 0 Å². The van der Waals surface area contributed by atoms with Gasteiger partial charge in [0.2, 0.25) is 0 Å². The molecule has 35 heavy (non-hydrogen) atoms. The Kier molecular flexibility index (Phi) is 5.03. The zero-order chi connectivity index (χ0) is 25.7. The molecule has 1 aromatic heterocycles. The van der Waals surface area contributed by atoms with Crippen LogP contribution in [0.2, 0.25) is 0 Å². The van der Waals surface area contributed by atoms with Crippen molar-refractivity contribution in [2.45, 2.75) is 70.9 Å². The van der Waals surface area contributed by atoms with Crippen molar-refractivity contribution in [3.8, 4) is 0 Å². The SMILES string of the molecule is CC1(C)[C@H]([C@@H](O)C(=O)O)[C@]2(C)C(=O)[C@@](O)(C=C3[C@@H]4CC(=O)O[C@@H](c5ccoc5)[C@]4(C)CC[C@@H]32)[C@H]1O. The van der Waals surface area contributed by atoms with E-state index in [0.29, 0.717) is 24.0 Å². The third kappa shape index (κ3) is 2.89. The number of ether oxygens (including phenoxy) is 1. The fourth-order valence-electron chi connectivity index (χ4n) is 8.14. The molecule has 2 bridgehead atoms. The summed E-state index contributed by atoms with van der Waals surface area (Å²) in [5, 5.41) is 43.5. The van der Waals surface area contributed by atoms with Gasteiger partial charge in [-0.3, -0.25) is 9.59 Å². The van der Waals surface area contributed by atoms with Crippen LogP contribution < -0.4 is 0 Å². The molecule has 3 aliphatic carbocycles. The Morgan fingerprint density at radius 2 is 1.86 bits per heavy atom. The van der Waals surface area contributed by atoms with Crippen molar-refractivity contribution >= 4 is 17.7 Å². The number of allylic oxidation sites excluding steroid dienone is 1. The smallest absolute Gasteiger partial charge is 0.332 e. The lowest BCUT2D eigenvalue weighted by atomic mass is 9.39. The Hall–Kier alpha value is -2.49. The molecule has 4 aliphatic rings. The lowest BCUT2D eigenvalue weighted by Gasteiger charge is -2.65. The number of fused-ring (bicyclic) bond motifs is 6. The van der Waals surface area contributed by atoms with Crippen LogP contribution in [0, 0.1) is 34.0 Å². The minimum atomic E-state index is -2.27. The van der Waals surface area contributed by atoms with Gasteiger partial charge < -0.3 is 29.6 Å². The zero-order valence-corrected chi connectivity index (χ0v) is 20.2. The molecule has 190 valence electrons. The first-order valence-electron chi connectivity index (χ1n) is 12.0. The van der Waals surface area contributed by atoms with Gasteiger partial charge >= 0.3 is 11.9 Å². The van der Waals surface area contributed by atoms with Gasteiger partial charge in [-0.15, -0.1) is 0 Å². The van der Waals surface area contributed by atoms with Crippen molar-refractivity contribution in [1.29, 1.82) is 0 Å². The molecule has 3 fully saturated rings. The predicted octanol–water partition coefficient (Wildman–Crippen LogP) is 2.01. The summed E-state index contributed by atoms with van der Waals surface area (Å²) < 4.78 is 11.0. The van der Waals surface area contributed by atoms with Gasteiger partial charge in [0.1, 0.15) is 6.10 Å². The molecule has 9 nitrogen and oxygen atoms in total. The second kappa shape index (κ2) is 7.27. The highest BCUT2D eigenvalue weighted by molar-refractivity contribution is 5.99. The van der Waals surface area contributed by atoms with E-state index in [0.717, 1.165) is 0 Å². The molecule has 2 saturated carbocycles. The van der Waals surface area contributed by atoms with E-state index in [2.05, 4.69) is 0 Å². The highest BCUT2D eigenvalue weighted by Crippen LogP contribution is 2.68. The monoisotopic (exact) mass is 488 g/mol. The zero-order valence-electron chi connectivity index (χ0n) is 20.2. The van der Waals surface area contributed by atoms with Gasteiger partial charge in [-0.25, -0.2) is 4.79 Å². The Morgan fingerprint density at radius 3 is 2.46 bits per heavy atom. The van der Waals surface area contributed by atoms with Crippen LogP contribution in [0.3, 0.4) is 0 Å². The molecule has 9 atom stereocenters. The summed E-state index contributed by atoms with van der Waals surface area (Å²) in [6.07, 6.45) is 1.31. The van der Waals surface area contributed by atoms with E-state index in [1.54, 1.807) is 26.8 Å². The van der Waals surface area contributed by atoms with Gasteiger partial charge in [0.05, 0.1) is 25.1 Å². The van der Waals surface area contributed by atoms with Gasteiger partial charge in [-0.1, -0.05) is 33.3 Å². The van der Waals surface area contributed by atoms with Crippen LogP contribution in [0.5, 0.6) is 0 Å². The Labute approximate surface area is 202 Å². The van der Waals surface area contributed by atoms with Crippen LogP contribution in [0.4, 0.5) is 0 Å². The molecule has 1 aromatic rings. The van der Waals surface area contributed by atoms with E-state index in [-0.39, 0.29) is 6.42 Å². The number of hydrogen-bond donors (Lipinski definition) is 4. The van der Waals surface area contributed by atoms with Crippen molar-refractivity contribution in [2.24, 2.45) is 34.0 Å². The Bertz CT molecular complexity index is 1120. The Morgan fingerprint density at radius 1 is 1.17 bits per heavy atom. The first-order chi connectivity index (χ1) is 16.2. The quantitative estimate of drug-likeness (QED) is 0.369. The lowest BCUT2D eigenvalue weighted by molar-refractivity contribution is -0.228. The molecule has 4 N–H and O–H groups in total. The second-order valence-corrected chi connectivity index (χ2v) is 11.8. The highest BCUT2D eigenvalue weighted by atomic mass is 16.5. The van der Waals surface area contributed by atoms with Gasteiger partial charge in [0, 0.05) is 27.7 Å². The molecule has 2 heterocycles. The Balaban J connectivity index is 1.71. The summed E-state index contributed by atoms with van der Waals surface area (Å²) in [5.41, 5.74) is -4.28. The van der Waals surface area contributed by atoms with E-state index in [1.165, 1.54) is 18.6 Å². The largest absolute Gasteiger partial charge is 0.479 e. The maximum absolute atomic E-state index is 13.8. The molecule has 1 aliphatic heterocycles. The van der Waals surface area contributed by atoms with Crippen molar-refractivity contribution in [3.05, 3.63) is 35.8 Å². The number of hydrogen-bond acceptors (Lipinski definition) is 8. The number of Topliss-reactive ketones (excluding diaryl/α,β-unsaturated/α-hetero) is 1. The van der Waals surface area contributed by atoms with E-state index >= 15 is 0 Å². The number of aliphatic carboxylic acids is 1. The average molecular weight is 489 g/mol. The van der Waals surface area contributed by atoms with E-state index in [1.807, 2.05) is 6.92 Å². The maximum atomic E-state index is 13.8. The second-order valence-electron chi connectivity index (χ2n) is 11.8. The highest BCUT2D eigenvalue weighted by Gasteiger charge is 2.74. The number of esters is 1. The normalized spacial score (nSPS) is 45.0. The molecule has 0 spiro atoms. The number of aliphatic hydroxyl groups is 3. The number of carbonyl (C=O) groups excluding carboxylic acids is 2. The first kappa shape index (κ1) is 24.2. The molecule has 0 aromatic carbocycles. The van der Waals surface area contributed by atoms with Gasteiger partial charge in [0.15, 0.2) is 17.5 Å². The van der Waals surface area contributed by atoms with Crippen LogP contribution >= 0.6 is 0 Å². The van der Waals surface area contributed by atoms with Crippen molar-refractivity contribution in [1.82, 2.24) is 0 Å². The van der Waals surface area contributed by atoms with Gasteiger partial charge in [-0.2, -0.15) is 0 Å². The molecular weight excluding hydrogens is 456 g/mol. The number of ketones is 1. The molecule has 0 radical (unpaired) electrons. The lowest BCUT2D eigenvalue weighted by Crippen LogP contribution is -2.75. The maximum Gasteiger partial charge on any atom is 0.332 e. The molecule has 0 unspecified atom stereocenters. The minimum absolute atomic E-state index is 0.0270. The molecular formula is C26H32O9. The molecule has 0 amide bonds.